The van der Waals surface area contributed by atoms with E-state index in [4.69, 9.17) is 4.74 Å². The standard InChI is InChI=1S/C21H20N4O2S/c1-25(2)17-6-4-16(5-7-17)23-20(26)13-28-21-15(12-22)10-14-11-18(27-3)8-9-19(14)24-21/h4-11H,13H2,1-3H3,(H,23,26). The van der Waals surface area contributed by atoms with Gasteiger partial charge in [-0.1, -0.05) is 11.8 Å². The summed E-state index contributed by atoms with van der Waals surface area (Å²) in [5, 5.41) is 13.7. The lowest BCUT2D eigenvalue weighted by Crippen LogP contribution is -2.14. The van der Waals surface area contributed by atoms with Crippen LogP contribution in [0.1, 0.15) is 5.56 Å². The van der Waals surface area contributed by atoms with Crippen molar-refractivity contribution in [1.82, 2.24) is 4.98 Å². The molecule has 1 aromatic heterocycles. The summed E-state index contributed by atoms with van der Waals surface area (Å²) in [4.78, 5) is 18.8. The number of aromatic nitrogens is 1. The minimum absolute atomic E-state index is 0.150. The molecule has 0 aliphatic rings. The number of fused-ring (bicyclic) bond motifs is 1. The molecular formula is C21H20N4O2S. The number of pyridine rings is 1. The molecular weight excluding hydrogens is 372 g/mol. The highest BCUT2D eigenvalue weighted by Gasteiger charge is 2.11. The van der Waals surface area contributed by atoms with Gasteiger partial charge in [-0.3, -0.25) is 4.79 Å². The Morgan fingerprint density at radius 3 is 2.61 bits per heavy atom. The quantitative estimate of drug-likeness (QED) is 0.641. The molecule has 0 saturated heterocycles. The maximum absolute atomic E-state index is 12.3. The van der Waals surface area contributed by atoms with Gasteiger partial charge in [-0.2, -0.15) is 5.26 Å². The summed E-state index contributed by atoms with van der Waals surface area (Å²) in [5.74, 6) is 0.722. The molecule has 0 aliphatic carbocycles. The van der Waals surface area contributed by atoms with Crippen LogP contribution < -0.4 is 15.0 Å². The molecule has 1 heterocycles. The number of amides is 1. The van der Waals surface area contributed by atoms with Crippen molar-refractivity contribution in [3.63, 3.8) is 0 Å². The van der Waals surface area contributed by atoms with Gasteiger partial charge in [0.1, 0.15) is 16.8 Å². The van der Waals surface area contributed by atoms with Crippen molar-refractivity contribution in [1.29, 1.82) is 5.26 Å². The maximum atomic E-state index is 12.3. The van der Waals surface area contributed by atoms with Crippen LogP contribution in [0.2, 0.25) is 0 Å². The lowest BCUT2D eigenvalue weighted by Gasteiger charge is -2.13. The van der Waals surface area contributed by atoms with Crippen molar-refractivity contribution in [3.8, 4) is 11.8 Å². The molecule has 0 spiro atoms. The van der Waals surface area contributed by atoms with Gasteiger partial charge in [0.05, 0.1) is 23.9 Å². The van der Waals surface area contributed by atoms with Crippen LogP contribution in [0.15, 0.2) is 53.6 Å². The van der Waals surface area contributed by atoms with E-state index in [0.29, 0.717) is 16.3 Å². The third-order valence-electron chi connectivity index (χ3n) is 4.11. The number of methoxy groups -OCH3 is 1. The van der Waals surface area contributed by atoms with Crippen molar-refractivity contribution in [2.24, 2.45) is 0 Å². The van der Waals surface area contributed by atoms with E-state index in [1.807, 2.05) is 61.5 Å². The number of carbonyl (C=O) groups is 1. The molecule has 0 unspecified atom stereocenters. The third kappa shape index (κ3) is 4.53. The predicted octanol–water partition coefficient (Wildman–Crippen LogP) is 3.91. The van der Waals surface area contributed by atoms with Crippen molar-refractivity contribution in [3.05, 3.63) is 54.1 Å². The van der Waals surface area contributed by atoms with E-state index in [-0.39, 0.29) is 11.7 Å². The number of carbonyl (C=O) groups excluding carboxylic acids is 1. The molecule has 0 bridgehead atoms. The van der Waals surface area contributed by atoms with Gasteiger partial charge in [-0.15, -0.1) is 0 Å². The SMILES string of the molecule is COc1ccc2nc(SCC(=O)Nc3ccc(N(C)C)cc3)c(C#N)cc2c1. The summed E-state index contributed by atoms with van der Waals surface area (Å²) in [6.45, 7) is 0. The number of hydrogen-bond donors (Lipinski definition) is 1. The Morgan fingerprint density at radius 1 is 1.21 bits per heavy atom. The molecule has 0 radical (unpaired) electrons. The molecule has 0 atom stereocenters. The summed E-state index contributed by atoms with van der Waals surface area (Å²) in [5.41, 5.74) is 2.98. The van der Waals surface area contributed by atoms with E-state index in [2.05, 4.69) is 16.4 Å². The molecule has 3 rings (SSSR count). The van der Waals surface area contributed by atoms with Gasteiger partial charge >= 0.3 is 0 Å². The highest BCUT2D eigenvalue weighted by Crippen LogP contribution is 2.27. The van der Waals surface area contributed by atoms with Gasteiger partial charge in [0.15, 0.2) is 0 Å². The molecule has 0 saturated carbocycles. The van der Waals surface area contributed by atoms with Gasteiger partial charge < -0.3 is 15.0 Å². The average Bonchev–Trinajstić information content (AvgIpc) is 2.71. The van der Waals surface area contributed by atoms with Crippen LogP contribution >= 0.6 is 11.8 Å². The highest BCUT2D eigenvalue weighted by atomic mass is 32.2. The zero-order valence-corrected chi connectivity index (χ0v) is 16.7. The van der Waals surface area contributed by atoms with Crippen LogP contribution in [0, 0.1) is 11.3 Å². The Hall–Kier alpha value is -3.24. The number of thioether (sulfide) groups is 1. The van der Waals surface area contributed by atoms with E-state index >= 15 is 0 Å². The molecule has 0 fully saturated rings. The molecule has 6 nitrogen and oxygen atoms in total. The van der Waals surface area contributed by atoms with Gasteiger partial charge in [0.25, 0.3) is 0 Å². The zero-order chi connectivity index (χ0) is 20.1. The Balaban J connectivity index is 1.70. The first kappa shape index (κ1) is 19.5. The number of hydrogen-bond acceptors (Lipinski definition) is 6. The fourth-order valence-electron chi connectivity index (χ4n) is 2.63. The normalized spacial score (nSPS) is 10.4. The molecule has 28 heavy (non-hydrogen) atoms. The minimum atomic E-state index is -0.150. The smallest absolute Gasteiger partial charge is 0.234 e. The first-order valence-electron chi connectivity index (χ1n) is 8.59. The Morgan fingerprint density at radius 2 is 1.96 bits per heavy atom. The summed E-state index contributed by atoms with van der Waals surface area (Å²) in [7, 11) is 5.52. The van der Waals surface area contributed by atoms with Crippen molar-refractivity contribution >= 4 is 39.9 Å². The lowest BCUT2D eigenvalue weighted by atomic mass is 10.1. The maximum Gasteiger partial charge on any atom is 0.234 e. The van der Waals surface area contributed by atoms with Crippen LogP contribution in [-0.2, 0) is 4.79 Å². The second-order valence-electron chi connectivity index (χ2n) is 6.29. The van der Waals surface area contributed by atoms with Crippen LogP contribution in [-0.4, -0.2) is 37.8 Å². The zero-order valence-electron chi connectivity index (χ0n) is 15.9. The van der Waals surface area contributed by atoms with Gasteiger partial charge in [0, 0.05) is 30.9 Å². The third-order valence-corrected chi connectivity index (χ3v) is 5.11. The van der Waals surface area contributed by atoms with Crippen LogP contribution in [0.4, 0.5) is 11.4 Å². The second-order valence-corrected chi connectivity index (χ2v) is 7.25. The van der Waals surface area contributed by atoms with Crippen molar-refractivity contribution in [2.45, 2.75) is 5.03 Å². The molecule has 7 heteroatoms. The molecule has 1 amide bonds. The van der Waals surface area contributed by atoms with Gasteiger partial charge in [-0.05, 0) is 48.5 Å². The number of nitriles is 1. The summed E-state index contributed by atoms with van der Waals surface area (Å²) >= 11 is 1.25. The predicted molar refractivity (Wildman–Crippen MR) is 113 cm³/mol. The molecule has 0 aliphatic heterocycles. The number of nitrogens with zero attached hydrogens (tertiary/aromatic N) is 3. The Bertz CT molecular complexity index is 1040. The van der Waals surface area contributed by atoms with E-state index < -0.39 is 0 Å². The monoisotopic (exact) mass is 392 g/mol. The average molecular weight is 392 g/mol. The summed E-state index contributed by atoms with van der Waals surface area (Å²) in [6.07, 6.45) is 0. The van der Waals surface area contributed by atoms with Crippen LogP contribution in [0.25, 0.3) is 10.9 Å². The molecule has 2 aromatic carbocycles. The number of benzene rings is 2. The van der Waals surface area contributed by atoms with E-state index in [1.54, 1.807) is 13.2 Å². The van der Waals surface area contributed by atoms with Gasteiger partial charge in [-0.25, -0.2) is 4.98 Å². The number of anilines is 2. The first-order valence-corrected chi connectivity index (χ1v) is 9.57. The Kier molecular flexibility index (Phi) is 6.02. The Labute approximate surface area is 168 Å². The van der Waals surface area contributed by atoms with E-state index in [1.165, 1.54) is 11.8 Å². The second kappa shape index (κ2) is 8.63. The number of rotatable bonds is 6. The van der Waals surface area contributed by atoms with Crippen molar-refractivity contribution < 1.29 is 9.53 Å². The van der Waals surface area contributed by atoms with E-state index in [9.17, 15) is 10.1 Å². The first-order chi connectivity index (χ1) is 13.5. The highest BCUT2D eigenvalue weighted by molar-refractivity contribution is 8.00. The fourth-order valence-corrected chi connectivity index (χ4v) is 3.39. The van der Waals surface area contributed by atoms with Gasteiger partial charge in [0.2, 0.25) is 5.91 Å². The topological polar surface area (TPSA) is 78.2 Å². The molecule has 1 N–H and O–H groups in total. The summed E-state index contributed by atoms with van der Waals surface area (Å²) < 4.78 is 5.21. The number of ether oxygens (including phenoxy) is 1. The largest absolute Gasteiger partial charge is 0.497 e. The minimum Gasteiger partial charge on any atom is -0.497 e. The summed E-state index contributed by atoms with van der Waals surface area (Å²) in [6, 6.07) is 17.0. The lowest BCUT2D eigenvalue weighted by molar-refractivity contribution is -0.113. The van der Waals surface area contributed by atoms with E-state index in [0.717, 1.165) is 22.3 Å². The van der Waals surface area contributed by atoms with Crippen LogP contribution in [0.3, 0.4) is 0 Å². The van der Waals surface area contributed by atoms with Crippen molar-refractivity contribution in [2.75, 3.05) is 37.2 Å². The molecule has 3 aromatic rings. The number of nitrogens with one attached hydrogen (secondary N) is 1. The fraction of sp³-hybridized carbons (Fsp3) is 0.190. The van der Waals surface area contributed by atoms with Crippen LogP contribution in [0.5, 0.6) is 5.75 Å². The molecule has 142 valence electrons.